The van der Waals surface area contributed by atoms with Crippen molar-refractivity contribution in [3.8, 4) is 5.75 Å². The van der Waals surface area contributed by atoms with E-state index in [4.69, 9.17) is 4.74 Å². The number of aliphatic hydroxyl groups is 1. The summed E-state index contributed by atoms with van der Waals surface area (Å²) in [6.07, 6.45) is 2.33. The summed E-state index contributed by atoms with van der Waals surface area (Å²) in [4.78, 5) is 25.3. The molecule has 1 aromatic rings. The van der Waals surface area contributed by atoms with Crippen LogP contribution in [0.2, 0.25) is 0 Å². The molecular formula is C24H32F3NO5. The minimum Gasteiger partial charge on any atom is -0.510 e. The first kappa shape index (κ1) is 26.5. The molecule has 1 aliphatic heterocycles. The van der Waals surface area contributed by atoms with Gasteiger partial charge in [0.1, 0.15) is 11.5 Å². The number of ether oxygens (including phenoxy) is 2. The molecule has 184 valence electrons. The maximum absolute atomic E-state index is 12.4. The van der Waals surface area contributed by atoms with E-state index in [0.717, 1.165) is 25.7 Å². The Morgan fingerprint density at radius 2 is 2.00 bits per heavy atom. The van der Waals surface area contributed by atoms with Gasteiger partial charge in [-0.25, -0.2) is 0 Å². The standard InChI is InChI=1S/C24H32F3NO5/c1-2-32-23(31)13-5-3-4-6-16-28-20(14-15-22(28)30)21(29)12-8-10-18-9-7-11-19(17-18)33-24(25,26)27/h7,9,11-12,17,20,29H,2-6,8,10,13-16H2,1H3/b21-12-. The first-order valence-electron chi connectivity index (χ1n) is 11.4. The molecule has 1 heterocycles. The van der Waals surface area contributed by atoms with E-state index in [1.807, 2.05) is 0 Å². The lowest BCUT2D eigenvalue weighted by Gasteiger charge is -2.24. The van der Waals surface area contributed by atoms with Crippen molar-refractivity contribution in [1.29, 1.82) is 0 Å². The maximum Gasteiger partial charge on any atom is 0.573 e. The fraction of sp³-hybridized carbons (Fsp3) is 0.583. The Kier molecular flexibility index (Phi) is 10.5. The summed E-state index contributed by atoms with van der Waals surface area (Å²) in [6, 6.07) is 5.39. The van der Waals surface area contributed by atoms with Crippen molar-refractivity contribution in [3.05, 3.63) is 41.7 Å². The average molecular weight is 472 g/mol. The molecule has 6 nitrogen and oxygen atoms in total. The Balaban J connectivity index is 1.78. The van der Waals surface area contributed by atoms with Crippen molar-refractivity contribution >= 4 is 11.9 Å². The molecule has 0 radical (unpaired) electrons. The predicted molar refractivity (Wildman–Crippen MR) is 117 cm³/mol. The molecule has 1 N–H and O–H groups in total. The molecule has 1 unspecified atom stereocenters. The van der Waals surface area contributed by atoms with Gasteiger partial charge in [-0.3, -0.25) is 9.59 Å². The van der Waals surface area contributed by atoms with Crippen LogP contribution in [0, 0.1) is 0 Å². The molecular weight excluding hydrogens is 439 g/mol. The number of hydrogen-bond acceptors (Lipinski definition) is 5. The van der Waals surface area contributed by atoms with E-state index in [1.165, 1.54) is 18.2 Å². The molecule has 0 bridgehead atoms. The number of benzene rings is 1. The summed E-state index contributed by atoms with van der Waals surface area (Å²) < 4.78 is 45.9. The zero-order chi connectivity index (χ0) is 24.3. The van der Waals surface area contributed by atoms with Crippen LogP contribution < -0.4 is 4.74 Å². The fourth-order valence-electron chi connectivity index (χ4n) is 3.88. The first-order chi connectivity index (χ1) is 15.7. The van der Waals surface area contributed by atoms with Crippen LogP contribution in [0.15, 0.2) is 36.1 Å². The normalized spacial score (nSPS) is 16.8. The number of carbonyl (C=O) groups excluding carboxylic acids is 2. The lowest BCUT2D eigenvalue weighted by Crippen LogP contribution is -2.35. The third-order valence-corrected chi connectivity index (χ3v) is 5.42. The number of amides is 1. The van der Waals surface area contributed by atoms with E-state index in [0.29, 0.717) is 50.8 Å². The van der Waals surface area contributed by atoms with Gasteiger partial charge in [-0.05, 0) is 62.8 Å². The van der Waals surface area contributed by atoms with Crippen molar-refractivity contribution in [1.82, 2.24) is 4.90 Å². The Bertz CT molecular complexity index is 810. The summed E-state index contributed by atoms with van der Waals surface area (Å²) in [6.45, 7) is 2.70. The van der Waals surface area contributed by atoms with Crippen LogP contribution in [0.1, 0.15) is 63.9 Å². The van der Waals surface area contributed by atoms with Crippen molar-refractivity contribution in [2.75, 3.05) is 13.2 Å². The van der Waals surface area contributed by atoms with Crippen LogP contribution in [-0.4, -0.2) is 47.4 Å². The summed E-state index contributed by atoms with van der Waals surface area (Å²) in [5.74, 6) is -0.348. The summed E-state index contributed by atoms with van der Waals surface area (Å²) in [5, 5.41) is 10.5. The van der Waals surface area contributed by atoms with Gasteiger partial charge in [0, 0.05) is 19.4 Å². The summed E-state index contributed by atoms with van der Waals surface area (Å²) in [7, 11) is 0. The van der Waals surface area contributed by atoms with Crippen LogP contribution in [0.5, 0.6) is 5.75 Å². The zero-order valence-corrected chi connectivity index (χ0v) is 18.9. The molecule has 0 aromatic heterocycles. The average Bonchev–Trinajstić information content (AvgIpc) is 3.10. The monoisotopic (exact) mass is 471 g/mol. The fourth-order valence-corrected chi connectivity index (χ4v) is 3.88. The number of halogens is 3. The van der Waals surface area contributed by atoms with Crippen molar-refractivity contribution in [2.45, 2.75) is 77.1 Å². The third-order valence-electron chi connectivity index (χ3n) is 5.42. The van der Waals surface area contributed by atoms with Crippen LogP contribution in [0.3, 0.4) is 0 Å². The van der Waals surface area contributed by atoms with E-state index in [9.17, 15) is 27.9 Å². The number of allylic oxidation sites excluding steroid dienone is 1. The number of unbranched alkanes of at least 4 members (excludes halogenated alkanes) is 3. The van der Waals surface area contributed by atoms with Gasteiger partial charge in [-0.15, -0.1) is 13.2 Å². The lowest BCUT2D eigenvalue weighted by molar-refractivity contribution is -0.274. The zero-order valence-electron chi connectivity index (χ0n) is 18.9. The second-order valence-corrected chi connectivity index (χ2v) is 7.97. The highest BCUT2D eigenvalue weighted by atomic mass is 19.4. The Morgan fingerprint density at radius 1 is 1.24 bits per heavy atom. The maximum atomic E-state index is 12.4. The van der Waals surface area contributed by atoms with Crippen LogP contribution in [0.25, 0.3) is 0 Å². The largest absolute Gasteiger partial charge is 0.573 e. The molecule has 9 heteroatoms. The number of hydrogen-bond donors (Lipinski definition) is 1. The molecule has 33 heavy (non-hydrogen) atoms. The van der Waals surface area contributed by atoms with Gasteiger partial charge in [-0.1, -0.05) is 25.0 Å². The minimum absolute atomic E-state index is 0.00322. The van der Waals surface area contributed by atoms with Gasteiger partial charge in [0.15, 0.2) is 0 Å². The molecule has 0 spiro atoms. The van der Waals surface area contributed by atoms with E-state index in [2.05, 4.69) is 4.74 Å². The molecule has 1 amide bonds. The van der Waals surface area contributed by atoms with Gasteiger partial charge >= 0.3 is 12.3 Å². The van der Waals surface area contributed by atoms with E-state index < -0.39 is 6.36 Å². The quantitative estimate of drug-likeness (QED) is 0.235. The highest BCUT2D eigenvalue weighted by Crippen LogP contribution is 2.26. The molecule has 0 saturated carbocycles. The predicted octanol–water partition coefficient (Wildman–Crippen LogP) is 5.46. The van der Waals surface area contributed by atoms with Crippen LogP contribution in [0.4, 0.5) is 13.2 Å². The van der Waals surface area contributed by atoms with Crippen LogP contribution >= 0.6 is 0 Å². The Labute approximate surface area is 192 Å². The Hall–Kier alpha value is -2.71. The highest BCUT2D eigenvalue weighted by molar-refractivity contribution is 5.79. The van der Waals surface area contributed by atoms with Gasteiger partial charge in [0.2, 0.25) is 5.91 Å². The van der Waals surface area contributed by atoms with Gasteiger partial charge in [0.25, 0.3) is 0 Å². The summed E-state index contributed by atoms with van der Waals surface area (Å²) >= 11 is 0. The van der Waals surface area contributed by atoms with Crippen molar-refractivity contribution in [2.24, 2.45) is 0 Å². The first-order valence-corrected chi connectivity index (χ1v) is 11.4. The molecule has 2 rings (SSSR count). The second-order valence-electron chi connectivity index (χ2n) is 7.97. The van der Waals surface area contributed by atoms with E-state index >= 15 is 0 Å². The number of nitrogens with zero attached hydrogens (tertiary/aromatic N) is 1. The van der Waals surface area contributed by atoms with E-state index in [-0.39, 0.29) is 29.4 Å². The summed E-state index contributed by atoms with van der Waals surface area (Å²) in [5.41, 5.74) is 0.656. The van der Waals surface area contributed by atoms with Gasteiger partial charge < -0.3 is 19.5 Å². The number of aliphatic hydroxyl groups excluding tert-OH is 1. The Morgan fingerprint density at radius 3 is 2.73 bits per heavy atom. The number of rotatable bonds is 13. The van der Waals surface area contributed by atoms with E-state index in [1.54, 1.807) is 24.0 Å². The van der Waals surface area contributed by atoms with Gasteiger partial charge in [-0.2, -0.15) is 0 Å². The minimum atomic E-state index is -4.74. The molecule has 1 atom stereocenters. The molecule has 1 fully saturated rings. The molecule has 1 aliphatic rings. The molecule has 1 aromatic carbocycles. The van der Waals surface area contributed by atoms with Crippen LogP contribution in [-0.2, 0) is 20.7 Å². The molecule has 0 aliphatic carbocycles. The smallest absolute Gasteiger partial charge is 0.510 e. The van der Waals surface area contributed by atoms with Crippen molar-refractivity contribution in [3.63, 3.8) is 0 Å². The van der Waals surface area contributed by atoms with Crippen molar-refractivity contribution < 1.29 is 37.3 Å². The number of likely N-dealkylation sites (tertiary alicyclic amines) is 1. The number of aryl methyl sites for hydroxylation is 1. The molecule has 1 saturated heterocycles. The topological polar surface area (TPSA) is 76.1 Å². The number of esters is 1. The lowest BCUT2D eigenvalue weighted by atomic mass is 10.1. The SMILES string of the molecule is CCOC(=O)CCCCCCN1C(=O)CCC1/C(O)=C/CCc1cccc(OC(F)(F)F)c1. The van der Waals surface area contributed by atoms with Gasteiger partial charge in [0.05, 0.1) is 12.6 Å². The third kappa shape index (κ3) is 9.75. The number of alkyl halides is 3. The highest BCUT2D eigenvalue weighted by Gasteiger charge is 2.33. The number of carbonyl (C=O) groups is 2. The second kappa shape index (κ2) is 13.1.